The van der Waals surface area contributed by atoms with E-state index in [-0.39, 0.29) is 36.6 Å². The number of pyridine rings is 1. The van der Waals surface area contributed by atoms with E-state index in [1.165, 1.54) is 0 Å². The number of carbonyl (C=O) groups excluding carboxylic acids is 2. The Balaban J connectivity index is 0.00000182. The van der Waals surface area contributed by atoms with Crippen LogP contribution in [0, 0.1) is 6.92 Å². The van der Waals surface area contributed by atoms with Gasteiger partial charge in [-0.15, -0.1) is 24.8 Å². The van der Waals surface area contributed by atoms with Gasteiger partial charge in [0.1, 0.15) is 0 Å². The molecule has 2 amide bonds. The van der Waals surface area contributed by atoms with Crippen molar-refractivity contribution < 1.29 is 14.7 Å². The third kappa shape index (κ3) is 5.90. The maximum absolute atomic E-state index is 12.3. The van der Waals surface area contributed by atoms with Gasteiger partial charge in [-0.2, -0.15) is 0 Å². The number of hydrogen-bond acceptors (Lipinski definition) is 5. The Morgan fingerprint density at radius 2 is 1.85 bits per heavy atom. The topological polar surface area (TPSA) is 103 Å². The molecule has 1 saturated heterocycles. The van der Waals surface area contributed by atoms with E-state index in [2.05, 4.69) is 20.9 Å². The van der Waals surface area contributed by atoms with Gasteiger partial charge in [0, 0.05) is 35.9 Å². The van der Waals surface area contributed by atoms with E-state index in [4.69, 9.17) is 0 Å². The van der Waals surface area contributed by atoms with Gasteiger partial charge in [-0.25, -0.2) is 0 Å². The molecule has 7 nitrogen and oxygen atoms in total. The lowest BCUT2D eigenvalue weighted by Crippen LogP contribution is -2.35. The number of aromatic nitrogens is 1. The summed E-state index contributed by atoms with van der Waals surface area (Å²) in [6.07, 6.45) is 3.01. The molecule has 0 saturated carbocycles. The third-order valence-corrected chi connectivity index (χ3v) is 4.12. The number of benzene rings is 1. The second-order valence-corrected chi connectivity index (χ2v) is 6.06. The van der Waals surface area contributed by atoms with Crippen molar-refractivity contribution in [1.29, 1.82) is 0 Å². The summed E-state index contributed by atoms with van der Waals surface area (Å²) in [6, 6.07) is 8.18. The predicted molar refractivity (Wildman–Crippen MR) is 109 cm³/mol. The fraction of sp³-hybridized carbons (Fsp3) is 0.278. The predicted octanol–water partition coefficient (Wildman–Crippen LogP) is 2.15. The molecule has 1 aromatic carbocycles. The number of nitrogens with zero attached hydrogens (tertiary/aromatic N) is 1. The summed E-state index contributed by atoms with van der Waals surface area (Å²) in [5.74, 6) is -0.443. The monoisotopic (exact) mass is 412 g/mol. The summed E-state index contributed by atoms with van der Waals surface area (Å²) in [6.45, 7) is 2.29. The highest BCUT2D eigenvalue weighted by Crippen LogP contribution is 2.22. The van der Waals surface area contributed by atoms with Crippen molar-refractivity contribution >= 4 is 48.0 Å². The Kier molecular flexibility index (Phi) is 8.65. The maximum atomic E-state index is 12.3. The van der Waals surface area contributed by atoms with Crippen LogP contribution in [0.15, 0.2) is 42.7 Å². The zero-order valence-corrected chi connectivity index (χ0v) is 16.3. The van der Waals surface area contributed by atoms with Gasteiger partial charge in [0.05, 0.1) is 12.1 Å². The van der Waals surface area contributed by atoms with E-state index in [9.17, 15) is 14.7 Å². The molecule has 1 aromatic heterocycles. The van der Waals surface area contributed by atoms with Gasteiger partial charge in [0.15, 0.2) is 0 Å². The van der Waals surface area contributed by atoms with Crippen LogP contribution in [0.5, 0.6) is 0 Å². The van der Waals surface area contributed by atoms with E-state index >= 15 is 0 Å². The molecule has 0 spiro atoms. The van der Waals surface area contributed by atoms with Crippen molar-refractivity contribution in [2.75, 3.05) is 17.2 Å². The number of hydrogen-bond donors (Lipinski definition) is 4. The first-order chi connectivity index (χ1) is 12.0. The van der Waals surface area contributed by atoms with Crippen LogP contribution in [0.1, 0.15) is 22.3 Å². The number of rotatable bonds is 4. The summed E-state index contributed by atoms with van der Waals surface area (Å²) >= 11 is 0. The first-order valence-corrected chi connectivity index (χ1v) is 8.07. The highest BCUT2D eigenvalue weighted by Gasteiger charge is 2.28. The molecular formula is C18H22Cl2N4O3. The molecule has 146 valence electrons. The van der Waals surface area contributed by atoms with E-state index in [0.717, 1.165) is 5.56 Å². The van der Waals surface area contributed by atoms with Crippen molar-refractivity contribution in [2.24, 2.45) is 0 Å². The van der Waals surface area contributed by atoms with Gasteiger partial charge >= 0.3 is 0 Å². The van der Waals surface area contributed by atoms with Crippen LogP contribution in [-0.4, -0.2) is 40.6 Å². The average molecular weight is 413 g/mol. The lowest BCUT2D eigenvalue weighted by atomic mass is 10.1. The highest BCUT2D eigenvalue weighted by atomic mass is 35.5. The average Bonchev–Trinajstić information content (AvgIpc) is 3.05. The fourth-order valence-electron chi connectivity index (χ4n) is 2.68. The number of carbonyl (C=O) groups is 2. The molecule has 2 aromatic rings. The molecule has 4 N–H and O–H groups in total. The Bertz CT molecular complexity index is 789. The lowest BCUT2D eigenvalue weighted by molar-refractivity contribution is -0.117. The summed E-state index contributed by atoms with van der Waals surface area (Å²) < 4.78 is 0. The molecule has 0 bridgehead atoms. The third-order valence-electron chi connectivity index (χ3n) is 4.12. The molecule has 2 atom stereocenters. The first-order valence-electron chi connectivity index (χ1n) is 8.07. The first kappa shape index (κ1) is 22.9. The van der Waals surface area contributed by atoms with Crippen molar-refractivity contribution in [1.82, 2.24) is 10.3 Å². The van der Waals surface area contributed by atoms with Crippen LogP contribution in [0.25, 0.3) is 0 Å². The highest BCUT2D eigenvalue weighted by molar-refractivity contribution is 6.05. The number of aliphatic hydroxyl groups excluding tert-OH is 1. The van der Waals surface area contributed by atoms with E-state index in [0.29, 0.717) is 29.9 Å². The summed E-state index contributed by atoms with van der Waals surface area (Å²) in [7, 11) is 0. The minimum absolute atomic E-state index is 0. The van der Waals surface area contributed by atoms with Crippen LogP contribution >= 0.6 is 24.8 Å². The molecule has 9 heteroatoms. The molecule has 27 heavy (non-hydrogen) atoms. The van der Waals surface area contributed by atoms with E-state index in [1.807, 2.05) is 13.0 Å². The largest absolute Gasteiger partial charge is 0.392 e. The molecule has 0 radical (unpaired) electrons. The van der Waals surface area contributed by atoms with Crippen LogP contribution in [0.2, 0.25) is 0 Å². The van der Waals surface area contributed by atoms with Crippen molar-refractivity contribution in [3.63, 3.8) is 0 Å². The minimum atomic E-state index is -0.496. The molecule has 3 rings (SSSR count). The Morgan fingerprint density at radius 3 is 2.48 bits per heavy atom. The van der Waals surface area contributed by atoms with Crippen molar-refractivity contribution in [3.05, 3.63) is 53.9 Å². The standard InChI is InChI=1S/C18H20N4O3.2ClH/c1-11-2-3-13(21-18(25)16-9-14(23)10-20-16)8-15(11)22-17(24)12-4-6-19-7-5-12;;/h2-8,14,16,20,23H,9-10H2,1H3,(H,21,25)(H,22,24);2*1H. The minimum Gasteiger partial charge on any atom is -0.392 e. The summed E-state index contributed by atoms with van der Waals surface area (Å²) in [5, 5.41) is 18.1. The number of amides is 2. The number of β-amino-alcohol motifs (C(OH)–C–C–N with tert-alkyl or cyclic N) is 1. The molecule has 0 aliphatic carbocycles. The molecule has 1 fully saturated rings. The number of nitrogens with one attached hydrogen (secondary N) is 3. The van der Waals surface area contributed by atoms with E-state index in [1.54, 1.807) is 36.7 Å². The number of anilines is 2. The maximum Gasteiger partial charge on any atom is 0.255 e. The molecule has 2 heterocycles. The van der Waals surface area contributed by atoms with Crippen LogP contribution < -0.4 is 16.0 Å². The van der Waals surface area contributed by atoms with Crippen LogP contribution in [0.3, 0.4) is 0 Å². The molecule has 1 aliphatic heterocycles. The lowest BCUT2D eigenvalue weighted by Gasteiger charge is -2.14. The number of halogens is 2. The van der Waals surface area contributed by atoms with Gasteiger partial charge < -0.3 is 21.1 Å². The van der Waals surface area contributed by atoms with Gasteiger partial charge in [0.25, 0.3) is 5.91 Å². The Morgan fingerprint density at radius 1 is 1.15 bits per heavy atom. The molecular weight excluding hydrogens is 391 g/mol. The number of aryl methyl sites for hydroxylation is 1. The Hall–Kier alpha value is -2.19. The van der Waals surface area contributed by atoms with Crippen LogP contribution in [0.4, 0.5) is 11.4 Å². The summed E-state index contributed by atoms with van der Waals surface area (Å²) in [4.78, 5) is 28.4. The normalized spacial score (nSPS) is 18.0. The molecule has 1 aliphatic rings. The van der Waals surface area contributed by atoms with Crippen LogP contribution in [-0.2, 0) is 4.79 Å². The fourth-order valence-corrected chi connectivity index (χ4v) is 2.68. The number of aliphatic hydroxyl groups is 1. The second kappa shape index (κ2) is 10.2. The Labute approximate surface area is 169 Å². The molecule has 2 unspecified atom stereocenters. The van der Waals surface area contributed by atoms with Gasteiger partial charge in [-0.05, 0) is 43.2 Å². The zero-order valence-electron chi connectivity index (χ0n) is 14.6. The van der Waals surface area contributed by atoms with Gasteiger partial charge in [0.2, 0.25) is 5.91 Å². The SMILES string of the molecule is Cc1ccc(NC(=O)C2CC(O)CN2)cc1NC(=O)c1ccncc1.Cl.Cl. The summed E-state index contributed by atoms with van der Waals surface area (Å²) in [5.41, 5.74) is 2.60. The zero-order chi connectivity index (χ0) is 17.8. The smallest absolute Gasteiger partial charge is 0.255 e. The van der Waals surface area contributed by atoms with E-state index < -0.39 is 12.1 Å². The van der Waals surface area contributed by atoms with Crippen molar-refractivity contribution in [3.8, 4) is 0 Å². The van der Waals surface area contributed by atoms with Gasteiger partial charge in [-0.3, -0.25) is 14.6 Å². The van der Waals surface area contributed by atoms with Gasteiger partial charge in [-0.1, -0.05) is 6.07 Å². The quantitative estimate of drug-likeness (QED) is 0.615. The second-order valence-electron chi connectivity index (χ2n) is 6.06. The van der Waals surface area contributed by atoms with Crippen molar-refractivity contribution in [2.45, 2.75) is 25.5 Å².